The van der Waals surface area contributed by atoms with Crippen molar-refractivity contribution in [3.63, 3.8) is 0 Å². The number of anilines is 1. The first kappa shape index (κ1) is 26.2. The molecule has 0 atom stereocenters. The van der Waals surface area contributed by atoms with Gasteiger partial charge in [-0.1, -0.05) is 6.07 Å². The Kier molecular flexibility index (Phi) is 8.85. The van der Waals surface area contributed by atoms with Crippen LogP contribution in [0.25, 0.3) is 0 Å². The van der Waals surface area contributed by atoms with Gasteiger partial charge in [0.1, 0.15) is 29.8 Å². The maximum absolute atomic E-state index is 14.0. The Morgan fingerprint density at radius 2 is 1.63 bits per heavy atom. The lowest BCUT2D eigenvalue weighted by Crippen LogP contribution is -2.38. The van der Waals surface area contributed by atoms with Crippen LogP contribution in [0.3, 0.4) is 0 Å². The van der Waals surface area contributed by atoms with E-state index < -0.39 is 48.2 Å². The van der Waals surface area contributed by atoms with Crippen LogP contribution in [-0.2, 0) is 16.0 Å². The molecular formula is C25H20F3IN2O4. The molecular weight excluding hydrogens is 576 g/mol. The van der Waals surface area contributed by atoms with E-state index in [9.17, 15) is 27.6 Å². The first-order valence-electron chi connectivity index (χ1n) is 10.3. The Bertz CT molecular complexity index is 1250. The summed E-state index contributed by atoms with van der Waals surface area (Å²) in [6.45, 7) is -0.892. The summed E-state index contributed by atoms with van der Waals surface area (Å²) in [4.78, 5) is 38.5. The number of rotatable bonds is 9. The van der Waals surface area contributed by atoms with E-state index in [2.05, 4.69) is 5.32 Å². The topological polar surface area (TPSA) is 75.7 Å². The van der Waals surface area contributed by atoms with Crippen LogP contribution in [0, 0.1) is 21.0 Å². The molecule has 0 aromatic heterocycles. The fourth-order valence-corrected chi connectivity index (χ4v) is 3.52. The molecule has 0 unspecified atom stereocenters. The second-order valence-electron chi connectivity index (χ2n) is 7.49. The van der Waals surface area contributed by atoms with Crippen molar-refractivity contribution in [1.82, 2.24) is 5.32 Å². The number of carbonyl (C=O) groups is 3. The van der Waals surface area contributed by atoms with Crippen molar-refractivity contribution < 1.29 is 32.3 Å². The summed E-state index contributed by atoms with van der Waals surface area (Å²) >= 11 is 1.96. The number of likely N-dealkylation sites (N-methyl/N-ethyl adjacent to an activating group) is 1. The predicted octanol–water partition coefficient (Wildman–Crippen LogP) is 4.29. The predicted molar refractivity (Wildman–Crippen MR) is 132 cm³/mol. The molecule has 3 aromatic carbocycles. The summed E-state index contributed by atoms with van der Waals surface area (Å²) in [5.41, 5.74) is 0.416. The highest BCUT2D eigenvalue weighted by molar-refractivity contribution is 14.1. The minimum atomic E-state index is -0.795. The van der Waals surface area contributed by atoms with Crippen LogP contribution in [0.15, 0.2) is 60.7 Å². The molecule has 0 radical (unpaired) electrons. The molecule has 0 bridgehead atoms. The molecule has 182 valence electrons. The zero-order chi connectivity index (χ0) is 25.5. The molecule has 10 heteroatoms. The number of ketones is 1. The maximum atomic E-state index is 14.0. The molecule has 0 heterocycles. The highest BCUT2D eigenvalue weighted by Crippen LogP contribution is 2.21. The minimum Gasteiger partial charge on any atom is -0.485 e. The lowest BCUT2D eigenvalue weighted by Gasteiger charge is -2.18. The summed E-state index contributed by atoms with van der Waals surface area (Å²) in [6, 6.07) is 12.9. The smallest absolute Gasteiger partial charge is 0.255 e. The van der Waals surface area contributed by atoms with E-state index in [1.807, 2.05) is 22.6 Å². The number of ether oxygens (including phenoxy) is 1. The van der Waals surface area contributed by atoms with Crippen LogP contribution in [0.2, 0.25) is 0 Å². The highest BCUT2D eigenvalue weighted by atomic mass is 127. The van der Waals surface area contributed by atoms with Crippen LogP contribution < -0.4 is 15.0 Å². The van der Waals surface area contributed by atoms with Gasteiger partial charge < -0.3 is 15.0 Å². The van der Waals surface area contributed by atoms with Crippen LogP contribution in [0.5, 0.6) is 5.75 Å². The standard InChI is InChI=1S/C25H20F3IN2O4/c1-31(19-7-3-16(26)4-8-19)24(33)13-30-25(34)21-11-17(27)5-9-23(21)35-14-20(32)10-15-2-6-18(29)12-22(15)28/h2-9,11-12H,10,13-14H2,1H3,(H,30,34). The summed E-state index contributed by atoms with van der Waals surface area (Å²) in [6.07, 6.45) is -0.213. The summed E-state index contributed by atoms with van der Waals surface area (Å²) in [5, 5.41) is 2.38. The van der Waals surface area contributed by atoms with Crippen LogP contribution in [0.1, 0.15) is 15.9 Å². The number of nitrogens with zero attached hydrogens (tertiary/aromatic N) is 1. The van der Waals surface area contributed by atoms with Crippen LogP contribution in [-0.4, -0.2) is 37.8 Å². The van der Waals surface area contributed by atoms with Gasteiger partial charge in [0.15, 0.2) is 5.78 Å². The van der Waals surface area contributed by atoms with Gasteiger partial charge >= 0.3 is 0 Å². The third kappa shape index (κ3) is 7.28. The van der Waals surface area contributed by atoms with Gasteiger partial charge in [0.2, 0.25) is 5.91 Å². The van der Waals surface area contributed by atoms with E-state index in [4.69, 9.17) is 4.74 Å². The minimum absolute atomic E-state index is 0.0697. The van der Waals surface area contributed by atoms with Crippen molar-refractivity contribution in [3.05, 3.63) is 92.8 Å². The van der Waals surface area contributed by atoms with E-state index in [0.29, 0.717) is 9.26 Å². The van der Waals surface area contributed by atoms with Crippen LogP contribution >= 0.6 is 22.6 Å². The Balaban J connectivity index is 1.61. The number of benzene rings is 3. The van der Waals surface area contributed by atoms with Crippen molar-refractivity contribution in [2.45, 2.75) is 6.42 Å². The van der Waals surface area contributed by atoms with Gasteiger partial charge in [0.05, 0.1) is 12.1 Å². The molecule has 35 heavy (non-hydrogen) atoms. The summed E-state index contributed by atoms with van der Waals surface area (Å²) in [7, 11) is 1.46. The van der Waals surface area contributed by atoms with E-state index in [0.717, 1.165) is 12.1 Å². The zero-order valence-electron chi connectivity index (χ0n) is 18.5. The molecule has 3 rings (SSSR count). The zero-order valence-corrected chi connectivity index (χ0v) is 20.6. The average molecular weight is 596 g/mol. The van der Waals surface area contributed by atoms with Gasteiger partial charge in [-0.25, -0.2) is 13.2 Å². The van der Waals surface area contributed by atoms with Gasteiger partial charge in [-0.15, -0.1) is 0 Å². The molecule has 0 aliphatic carbocycles. The monoisotopic (exact) mass is 596 g/mol. The third-order valence-electron chi connectivity index (χ3n) is 4.97. The Morgan fingerprint density at radius 1 is 0.943 bits per heavy atom. The second-order valence-corrected chi connectivity index (χ2v) is 8.74. The highest BCUT2D eigenvalue weighted by Gasteiger charge is 2.18. The lowest BCUT2D eigenvalue weighted by molar-refractivity contribution is -0.120. The number of Topliss-reactive ketones (excluding diaryl/α,β-unsaturated/α-hetero) is 1. The number of nitrogens with one attached hydrogen (secondary N) is 1. The van der Waals surface area contributed by atoms with Crippen molar-refractivity contribution in [2.75, 3.05) is 25.1 Å². The molecule has 0 spiro atoms. The molecule has 0 saturated heterocycles. The number of hydrogen-bond acceptors (Lipinski definition) is 4. The fraction of sp³-hybridized carbons (Fsp3) is 0.160. The SMILES string of the molecule is CN(C(=O)CNC(=O)c1cc(F)ccc1OCC(=O)Cc1ccc(I)cc1F)c1ccc(F)cc1. The number of halogens is 4. The lowest BCUT2D eigenvalue weighted by atomic mass is 10.1. The summed E-state index contributed by atoms with van der Waals surface area (Å²) < 4.78 is 47.0. The van der Waals surface area contributed by atoms with E-state index in [1.165, 1.54) is 54.4 Å². The molecule has 0 aliphatic rings. The van der Waals surface area contributed by atoms with E-state index in [1.54, 1.807) is 6.07 Å². The molecule has 0 fully saturated rings. The molecule has 2 amide bonds. The molecule has 0 saturated carbocycles. The Labute approximate surface area is 213 Å². The third-order valence-corrected chi connectivity index (χ3v) is 5.64. The first-order chi connectivity index (χ1) is 16.6. The first-order valence-corrected chi connectivity index (χ1v) is 11.4. The molecule has 6 nitrogen and oxygen atoms in total. The van der Waals surface area contributed by atoms with Crippen molar-refractivity contribution in [1.29, 1.82) is 0 Å². The van der Waals surface area contributed by atoms with Gasteiger partial charge in [0.25, 0.3) is 5.91 Å². The van der Waals surface area contributed by atoms with E-state index >= 15 is 0 Å². The number of hydrogen-bond donors (Lipinski definition) is 1. The van der Waals surface area contributed by atoms with Crippen molar-refractivity contribution in [2.24, 2.45) is 0 Å². The van der Waals surface area contributed by atoms with Crippen molar-refractivity contribution in [3.8, 4) is 5.75 Å². The number of carbonyl (C=O) groups excluding carboxylic acids is 3. The average Bonchev–Trinajstić information content (AvgIpc) is 2.83. The quantitative estimate of drug-likeness (QED) is 0.375. The van der Waals surface area contributed by atoms with Crippen LogP contribution in [0.4, 0.5) is 18.9 Å². The van der Waals surface area contributed by atoms with Gasteiger partial charge in [-0.2, -0.15) is 0 Å². The molecule has 0 aliphatic heterocycles. The second kappa shape index (κ2) is 11.8. The molecule has 3 aromatic rings. The Morgan fingerprint density at radius 3 is 2.31 bits per heavy atom. The van der Waals surface area contributed by atoms with Gasteiger partial charge in [-0.05, 0) is 82.8 Å². The number of amides is 2. The fourth-order valence-electron chi connectivity index (χ4n) is 3.07. The van der Waals surface area contributed by atoms with Crippen molar-refractivity contribution >= 4 is 45.9 Å². The largest absolute Gasteiger partial charge is 0.485 e. The summed E-state index contributed by atoms with van der Waals surface area (Å²) in [5.74, 6) is -3.50. The van der Waals surface area contributed by atoms with Gasteiger partial charge in [-0.3, -0.25) is 14.4 Å². The Hall–Kier alpha value is -3.41. The van der Waals surface area contributed by atoms with Gasteiger partial charge in [0, 0.05) is 22.7 Å². The normalized spacial score (nSPS) is 10.5. The maximum Gasteiger partial charge on any atom is 0.255 e. The van der Waals surface area contributed by atoms with E-state index in [-0.39, 0.29) is 23.3 Å². The molecule has 1 N–H and O–H groups in total.